The Bertz CT molecular complexity index is 1120. The number of ether oxygens (including phenoxy) is 3. The fourth-order valence-electron chi connectivity index (χ4n) is 3.54. The molecule has 2 saturated heterocycles. The van der Waals surface area contributed by atoms with Crippen LogP contribution in [-0.4, -0.2) is 134 Å². The first-order valence-electron chi connectivity index (χ1n) is 9.58. The zero-order valence-corrected chi connectivity index (χ0v) is 20.3. The van der Waals surface area contributed by atoms with Gasteiger partial charge in [0.25, 0.3) is 0 Å². The summed E-state index contributed by atoms with van der Waals surface area (Å²) in [7, 11) is -15.8. The lowest BCUT2D eigenvalue weighted by molar-refractivity contribution is -0.360. The summed E-state index contributed by atoms with van der Waals surface area (Å²) in [6.45, 7) is -2.51. The van der Waals surface area contributed by atoms with Gasteiger partial charge < -0.3 is 44.5 Å². The van der Waals surface area contributed by atoms with Crippen molar-refractivity contribution >= 4 is 37.1 Å². The highest BCUT2D eigenvalue weighted by molar-refractivity contribution is 7.83. The standard InChI is InChI=1S/C13H23NO20S3/c15-1-3-6(16)10(11(18)19)33-13(8(3)34-37(27,28)29)32-9-4(2-30-36(24,25)26)31-12(20)5(7(9)17)14-35(21,22)23/h3-10,12-17,20H,1-2H2,(H,18,19)(H,21,22,23)(H,24,25,26)(H,27,28,29)/p-1. The van der Waals surface area contributed by atoms with Crippen LogP contribution in [0.3, 0.4) is 0 Å². The number of hydrogen-bond donors (Lipinski definition) is 8. The van der Waals surface area contributed by atoms with Crippen molar-refractivity contribution in [2.45, 2.75) is 55.2 Å². The molecule has 2 fully saturated rings. The molecule has 0 aromatic heterocycles. The normalized spacial score (nSPS) is 37.8. The van der Waals surface area contributed by atoms with Crippen LogP contribution in [0.1, 0.15) is 0 Å². The molecule has 0 radical (unpaired) electrons. The summed E-state index contributed by atoms with van der Waals surface area (Å²) in [6.07, 6.45) is -18.3. The van der Waals surface area contributed by atoms with Gasteiger partial charge in [-0.3, -0.25) is 13.7 Å². The van der Waals surface area contributed by atoms with Crippen LogP contribution in [0.2, 0.25) is 0 Å². The number of aliphatic hydroxyl groups excluding tert-OH is 4. The van der Waals surface area contributed by atoms with Crippen molar-refractivity contribution in [2.24, 2.45) is 5.92 Å². The number of carbonyl (C=O) groups is 1. The Morgan fingerprint density at radius 2 is 1.51 bits per heavy atom. The average Bonchev–Trinajstić information content (AvgIpc) is 2.71. The minimum Gasteiger partial charge on any atom is -0.547 e. The molecule has 8 N–H and O–H groups in total. The molecule has 24 heteroatoms. The van der Waals surface area contributed by atoms with Crippen LogP contribution in [0.5, 0.6) is 0 Å². The highest BCUT2D eigenvalue weighted by Crippen LogP contribution is 2.33. The molecule has 0 saturated carbocycles. The summed E-state index contributed by atoms with van der Waals surface area (Å²) >= 11 is 0. The number of nitrogens with one attached hydrogen (secondary N) is 1. The predicted molar refractivity (Wildman–Crippen MR) is 104 cm³/mol. The highest BCUT2D eigenvalue weighted by Gasteiger charge is 2.53. The van der Waals surface area contributed by atoms with E-state index in [2.05, 4.69) is 8.37 Å². The highest BCUT2D eigenvalue weighted by atomic mass is 32.3. The quantitative estimate of drug-likeness (QED) is 0.101. The molecule has 2 aliphatic rings. The second-order valence-corrected chi connectivity index (χ2v) is 10.9. The second kappa shape index (κ2) is 11.9. The Balaban J connectivity index is 2.50. The van der Waals surface area contributed by atoms with Gasteiger partial charge in [0, 0.05) is 5.92 Å². The van der Waals surface area contributed by atoms with E-state index in [9.17, 15) is 55.6 Å². The van der Waals surface area contributed by atoms with Crippen molar-refractivity contribution in [3.05, 3.63) is 0 Å². The van der Waals surface area contributed by atoms with Gasteiger partial charge in [0.2, 0.25) is 0 Å². The van der Waals surface area contributed by atoms with Gasteiger partial charge >= 0.3 is 31.1 Å². The zero-order chi connectivity index (χ0) is 28.5. The first-order chi connectivity index (χ1) is 16.7. The number of hydrogen-bond acceptors (Lipinski definition) is 17. The van der Waals surface area contributed by atoms with E-state index in [0.717, 1.165) is 0 Å². The van der Waals surface area contributed by atoms with E-state index in [1.807, 2.05) is 0 Å². The summed E-state index contributed by atoms with van der Waals surface area (Å²) in [6, 6.07) is -2.19. The first kappa shape index (κ1) is 32.0. The Labute approximate surface area is 208 Å². The van der Waals surface area contributed by atoms with Crippen LogP contribution in [0, 0.1) is 5.92 Å². The molecule has 0 amide bonds. The third-order valence-corrected chi connectivity index (χ3v) is 6.51. The smallest absolute Gasteiger partial charge is 0.397 e. The number of rotatable bonds is 11. The molecule has 21 nitrogen and oxygen atoms in total. The maximum Gasteiger partial charge on any atom is 0.397 e. The van der Waals surface area contributed by atoms with E-state index in [1.165, 1.54) is 4.72 Å². The van der Waals surface area contributed by atoms with Crippen LogP contribution in [0.25, 0.3) is 0 Å². The Kier molecular flexibility index (Phi) is 10.3. The number of aliphatic hydroxyl groups is 4. The van der Waals surface area contributed by atoms with E-state index >= 15 is 0 Å². The molecule has 218 valence electrons. The number of carboxylic acid groups (broad SMARTS) is 1. The van der Waals surface area contributed by atoms with Crippen LogP contribution in [-0.2, 0) is 58.5 Å². The molecule has 0 bridgehead atoms. The van der Waals surface area contributed by atoms with Crippen molar-refractivity contribution in [2.75, 3.05) is 13.2 Å². The second-order valence-electron chi connectivity index (χ2n) is 7.56. The van der Waals surface area contributed by atoms with Gasteiger partial charge in [-0.2, -0.15) is 30.0 Å². The number of carboxylic acids is 1. The largest absolute Gasteiger partial charge is 0.547 e. The summed E-state index contributed by atoms with van der Waals surface area (Å²) in [4.78, 5) is 11.4. The monoisotopic (exact) mass is 608 g/mol. The molecular formula is C13H22NO20S3-. The minimum absolute atomic E-state index is 1.22. The van der Waals surface area contributed by atoms with Crippen LogP contribution in [0.15, 0.2) is 0 Å². The molecular weight excluding hydrogens is 586 g/mol. The topological polar surface area (TPSA) is 342 Å². The van der Waals surface area contributed by atoms with E-state index in [0.29, 0.717) is 0 Å². The lowest BCUT2D eigenvalue weighted by atomic mass is 9.89. The molecule has 2 aliphatic heterocycles. The molecule has 0 spiro atoms. The maximum absolute atomic E-state index is 11.4. The molecule has 2 heterocycles. The van der Waals surface area contributed by atoms with Gasteiger partial charge in [-0.1, -0.05) is 0 Å². The van der Waals surface area contributed by atoms with Gasteiger partial charge in [0.05, 0.1) is 25.3 Å². The van der Waals surface area contributed by atoms with E-state index in [1.54, 1.807) is 0 Å². The van der Waals surface area contributed by atoms with Gasteiger partial charge in [0.1, 0.15) is 36.6 Å². The summed E-state index contributed by atoms with van der Waals surface area (Å²) in [5, 5.41) is 51.7. The first-order valence-corrected chi connectivity index (χ1v) is 13.8. The van der Waals surface area contributed by atoms with Crippen LogP contribution < -0.4 is 9.83 Å². The summed E-state index contributed by atoms with van der Waals surface area (Å²) in [5.74, 6) is -4.03. The Hall–Kier alpha value is -1.20. The molecule has 10 unspecified atom stereocenters. The van der Waals surface area contributed by atoms with Crippen LogP contribution >= 0.6 is 0 Å². The molecule has 0 aromatic rings. The number of aliphatic carboxylic acids is 1. The van der Waals surface area contributed by atoms with Crippen molar-refractivity contribution in [3.8, 4) is 0 Å². The predicted octanol–water partition coefficient (Wildman–Crippen LogP) is -7.34. The van der Waals surface area contributed by atoms with Gasteiger partial charge in [-0.15, -0.1) is 0 Å². The van der Waals surface area contributed by atoms with Crippen molar-refractivity contribution in [1.82, 2.24) is 4.72 Å². The van der Waals surface area contributed by atoms with Gasteiger partial charge in [-0.05, 0) is 0 Å². The van der Waals surface area contributed by atoms with E-state index in [-0.39, 0.29) is 0 Å². The zero-order valence-electron chi connectivity index (χ0n) is 17.9. The third kappa shape index (κ3) is 8.92. The summed E-state index contributed by atoms with van der Waals surface area (Å²) < 4.78 is 119. The Morgan fingerprint density at radius 3 is 1.97 bits per heavy atom. The molecule has 10 atom stereocenters. The molecule has 0 aliphatic carbocycles. The van der Waals surface area contributed by atoms with Crippen molar-refractivity contribution < 1.29 is 91.8 Å². The SMILES string of the molecule is O=C([O-])C1OC(OC2C(COS(=O)(=O)O)OC(O)C(NS(=O)(=O)O)C2O)C(OS(=O)(=O)O)C(CO)C1O. The minimum atomic E-state index is -5.44. The summed E-state index contributed by atoms with van der Waals surface area (Å²) in [5.41, 5.74) is 0. The Morgan fingerprint density at radius 1 is 0.919 bits per heavy atom. The van der Waals surface area contributed by atoms with Crippen molar-refractivity contribution in [1.29, 1.82) is 0 Å². The molecule has 0 aromatic carbocycles. The van der Waals surface area contributed by atoms with E-state index in [4.69, 9.17) is 27.9 Å². The lowest BCUT2D eigenvalue weighted by Gasteiger charge is -2.47. The van der Waals surface area contributed by atoms with Crippen LogP contribution in [0.4, 0.5) is 0 Å². The molecule has 37 heavy (non-hydrogen) atoms. The molecule has 2 rings (SSSR count). The average molecular weight is 609 g/mol. The third-order valence-electron chi connectivity index (χ3n) is 5.05. The lowest BCUT2D eigenvalue weighted by Crippen LogP contribution is -2.67. The fraction of sp³-hybridized carbons (Fsp3) is 0.923. The fourth-order valence-corrected chi connectivity index (χ4v) is 4.96. The van der Waals surface area contributed by atoms with E-state index < -0.39 is 111 Å². The van der Waals surface area contributed by atoms with Gasteiger partial charge in [0.15, 0.2) is 12.6 Å². The maximum atomic E-state index is 11.4. The van der Waals surface area contributed by atoms with Crippen molar-refractivity contribution in [3.63, 3.8) is 0 Å². The number of carbonyl (C=O) groups excluding carboxylic acids is 1. The van der Waals surface area contributed by atoms with Gasteiger partial charge in [-0.25, -0.2) is 8.37 Å².